The Kier molecular flexibility index (Phi) is 2.41. The van der Waals surface area contributed by atoms with Crippen molar-refractivity contribution < 1.29 is 4.79 Å². The zero-order valence-electron chi connectivity index (χ0n) is 8.53. The minimum atomic E-state index is -0.0659. The smallest absolute Gasteiger partial charge is 0.136 e. The molecule has 1 atom stereocenters. The molecular formula is C11H18O. The lowest BCUT2D eigenvalue weighted by molar-refractivity contribution is -0.126. The Bertz CT molecular complexity index is 237. The summed E-state index contributed by atoms with van der Waals surface area (Å²) in [4.78, 5) is 11.4. The summed E-state index contributed by atoms with van der Waals surface area (Å²) in [5, 5.41) is 0. The van der Waals surface area contributed by atoms with E-state index in [1.165, 1.54) is 11.1 Å². The van der Waals surface area contributed by atoms with Gasteiger partial charge in [-0.05, 0) is 40.0 Å². The molecule has 0 bridgehead atoms. The van der Waals surface area contributed by atoms with Crippen molar-refractivity contribution in [1.82, 2.24) is 0 Å². The number of hydrogen-bond acceptors (Lipinski definition) is 1. The summed E-state index contributed by atoms with van der Waals surface area (Å²) in [6, 6.07) is 0. The SMILES string of the molecule is CC(=O)[C@@]1(C)CCC(C)=C(C)C1. The Balaban J connectivity index is 2.84. The number of rotatable bonds is 1. The predicted molar refractivity (Wildman–Crippen MR) is 51.0 cm³/mol. The highest BCUT2D eigenvalue weighted by Crippen LogP contribution is 2.39. The molecule has 0 fully saturated rings. The van der Waals surface area contributed by atoms with Crippen LogP contribution in [0.1, 0.15) is 47.0 Å². The predicted octanol–water partition coefficient (Wildman–Crippen LogP) is 3.10. The van der Waals surface area contributed by atoms with Crippen molar-refractivity contribution in [3.05, 3.63) is 11.1 Å². The third-order valence-electron chi connectivity index (χ3n) is 3.29. The molecule has 1 heteroatoms. The van der Waals surface area contributed by atoms with Gasteiger partial charge < -0.3 is 0 Å². The highest BCUT2D eigenvalue weighted by Gasteiger charge is 2.32. The van der Waals surface area contributed by atoms with Crippen molar-refractivity contribution in [2.75, 3.05) is 0 Å². The Labute approximate surface area is 74.9 Å². The lowest BCUT2D eigenvalue weighted by atomic mass is 9.71. The molecule has 0 unspecified atom stereocenters. The number of carbonyl (C=O) groups excluding carboxylic acids is 1. The monoisotopic (exact) mass is 166 g/mol. The molecule has 68 valence electrons. The van der Waals surface area contributed by atoms with Gasteiger partial charge in [-0.2, -0.15) is 0 Å². The first-order chi connectivity index (χ1) is 5.46. The van der Waals surface area contributed by atoms with Crippen LogP contribution in [0.4, 0.5) is 0 Å². The van der Waals surface area contributed by atoms with E-state index in [0.717, 1.165) is 19.3 Å². The molecule has 0 N–H and O–H groups in total. The topological polar surface area (TPSA) is 17.1 Å². The van der Waals surface area contributed by atoms with E-state index < -0.39 is 0 Å². The molecule has 1 nitrogen and oxygen atoms in total. The zero-order chi connectivity index (χ0) is 9.35. The first-order valence-electron chi connectivity index (χ1n) is 4.62. The van der Waals surface area contributed by atoms with Gasteiger partial charge in [0, 0.05) is 5.41 Å². The fourth-order valence-corrected chi connectivity index (χ4v) is 1.80. The largest absolute Gasteiger partial charge is 0.299 e. The van der Waals surface area contributed by atoms with E-state index in [2.05, 4.69) is 20.8 Å². The second kappa shape index (κ2) is 3.04. The molecule has 0 radical (unpaired) electrons. The van der Waals surface area contributed by atoms with Crippen LogP contribution in [0.5, 0.6) is 0 Å². The minimum absolute atomic E-state index is 0.0659. The summed E-state index contributed by atoms with van der Waals surface area (Å²) in [5.74, 6) is 0.342. The number of ketones is 1. The Morgan fingerprint density at radius 1 is 1.33 bits per heavy atom. The summed E-state index contributed by atoms with van der Waals surface area (Å²) in [7, 11) is 0. The van der Waals surface area contributed by atoms with Crippen LogP contribution in [0.15, 0.2) is 11.1 Å². The molecule has 0 aromatic heterocycles. The Morgan fingerprint density at radius 3 is 2.33 bits per heavy atom. The maximum Gasteiger partial charge on any atom is 0.136 e. The average Bonchev–Trinajstić information content (AvgIpc) is 1.97. The van der Waals surface area contributed by atoms with Gasteiger partial charge in [0.2, 0.25) is 0 Å². The van der Waals surface area contributed by atoms with Gasteiger partial charge in [-0.25, -0.2) is 0 Å². The molecule has 0 saturated carbocycles. The quantitative estimate of drug-likeness (QED) is 0.547. The van der Waals surface area contributed by atoms with Crippen molar-refractivity contribution in [3.8, 4) is 0 Å². The van der Waals surface area contributed by atoms with Crippen LogP contribution in [0, 0.1) is 5.41 Å². The van der Waals surface area contributed by atoms with Gasteiger partial charge in [0.1, 0.15) is 5.78 Å². The summed E-state index contributed by atoms with van der Waals surface area (Å²) >= 11 is 0. The summed E-state index contributed by atoms with van der Waals surface area (Å²) < 4.78 is 0. The molecule has 0 aromatic carbocycles. The van der Waals surface area contributed by atoms with E-state index in [9.17, 15) is 4.79 Å². The molecule has 1 aliphatic rings. The van der Waals surface area contributed by atoms with E-state index in [1.54, 1.807) is 6.92 Å². The second-order valence-corrected chi connectivity index (χ2v) is 4.35. The van der Waals surface area contributed by atoms with E-state index in [4.69, 9.17) is 0 Å². The van der Waals surface area contributed by atoms with E-state index >= 15 is 0 Å². The molecular weight excluding hydrogens is 148 g/mol. The average molecular weight is 166 g/mol. The first kappa shape index (κ1) is 9.50. The van der Waals surface area contributed by atoms with Crippen molar-refractivity contribution in [3.63, 3.8) is 0 Å². The standard InChI is InChI=1S/C11H18O/c1-8-5-6-11(4,10(3)12)7-9(8)2/h5-7H2,1-4H3/t11-/m0/s1. The van der Waals surface area contributed by atoms with Crippen molar-refractivity contribution in [1.29, 1.82) is 0 Å². The van der Waals surface area contributed by atoms with Gasteiger partial charge in [0.25, 0.3) is 0 Å². The van der Waals surface area contributed by atoms with Gasteiger partial charge in [-0.3, -0.25) is 4.79 Å². The van der Waals surface area contributed by atoms with Crippen LogP contribution >= 0.6 is 0 Å². The van der Waals surface area contributed by atoms with Crippen molar-refractivity contribution in [2.45, 2.75) is 47.0 Å². The van der Waals surface area contributed by atoms with Crippen LogP contribution < -0.4 is 0 Å². The third kappa shape index (κ3) is 1.60. The fourth-order valence-electron chi connectivity index (χ4n) is 1.80. The lowest BCUT2D eigenvalue weighted by Crippen LogP contribution is -2.28. The van der Waals surface area contributed by atoms with Crippen LogP contribution in [0.3, 0.4) is 0 Å². The summed E-state index contributed by atoms with van der Waals surface area (Å²) in [6.45, 7) is 8.13. The lowest BCUT2D eigenvalue weighted by Gasteiger charge is -2.32. The van der Waals surface area contributed by atoms with Gasteiger partial charge in [-0.1, -0.05) is 18.1 Å². The van der Waals surface area contributed by atoms with E-state index in [1.807, 2.05) is 0 Å². The number of allylic oxidation sites excluding steroid dienone is 2. The number of Topliss-reactive ketones (excluding diaryl/α,β-unsaturated/α-hetero) is 1. The molecule has 0 aliphatic heterocycles. The maximum absolute atomic E-state index is 11.4. The minimum Gasteiger partial charge on any atom is -0.299 e. The molecule has 1 rings (SSSR count). The molecule has 12 heavy (non-hydrogen) atoms. The summed E-state index contributed by atoms with van der Waals surface area (Å²) in [6.07, 6.45) is 3.10. The third-order valence-corrected chi connectivity index (χ3v) is 3.29. The second-order valence-electron chi connectivity index (χ2n) is 4.35. The van der Waals surface area contributed by atoms with Gasteiger partial charge >= 0.3 is 0 Å². The molecule has 0 aromatic rings. The number of carbonyl (C=O) groups is 1. The molecule has 0 heterocycles. The zero-order valence-corrected chi connectivity index (χ0v) is 8.53. The van der Waals surface area contributed by atoms with E-state index in [-0.39, 0.29) is 5.41 Å². The van der Waals surface area contributed by atoms with E-state index in [0.29, 0.717) is 5.78 Å². The van der Waals surface area contributed by atoms with Crippen molar-refractivity contribution >= 4 is 5.78 Å². The molecule has 0 amide bonds. The fraction of sp³-hybridized carbons (Fsp3) is 0.727. The highest BCUT2D eigenvalue weighted by atomic mass is 16.1. The molecule has 0 saturated heterocycles. The molecule has 0 spiro atoms. The van der Waals surface area contributed by atoms with Crippen LogP contribution in [0.2, 0.25) is 0 Å². The molecule has 1 aliphatic carbocycles. The highest BCUT2D eigenvalue weighted by molar-refractivity contribution is 5.82. The number of hydrogen-bond donors (Lipinski definition) is 0. The van der Waals surface area contributed by atoms with Crippen molar-refractivity contribution in [2.24, 2.45) is 5.41 Å². The van der Waals surface area contributed by atoms with Crippen LogP contribution in [0.25, 0.3) is 0 Å². The normalized spacial score (nSPS) is 30.7. The van der Waals surface area contributed by atoms with Gasteiger partial charge in [0.05, 0.1) is 0 Å². The van der Waals surface area contributed by atoms with Crippen LogP contribution in [-0.2, 0) is 4.79 Å². The van der Waals surface area contributed by atoms with Gasteiger partial charge in [0.15, 0.2) is 0 Å². The van der Waals surface area contributed by atoms with Gasteiger partial charge in [-0.15, -0.1) is 0 Å². The summed E-state index contributed by atoms with van der Waals surface area (Å²) in [5.41, 5.74) is 2.83. The van der Waals surface area contributed by atoms with Crippen LogP contribution in [-0.4, -0.2) is 5.78 Å². The Morgan fingerprint density at radius 2 is 1.92 bits per heavy atom. The maximum atomic E-state index is 11.4. The Hall–Kier alpha value is -0.590. The first-order valence-corrected chi connectivity index (χ1v) is 4.62.